The molecule has 0 radical (unpaired) electrons. The Morgan fingerprint density at radius 3 is 2.60 bits per heavy atom. The van der Waals surface area contributed by atoms with Gasteiger partial charge in [0.1, 0.15) is 30.5 Å². The summed E-state index contributed by atoms with van der Waals surface area (Å²) >= 11 is 0. The fraction of sp³-hybridized carbons (Fsp3) is 0.545. The number of aryl methyl sites for hydroxylation is 1. The summed E-state index contributed by atoms with van der Waals surface area (Å²) in [5.41, 5.74) is 1.58. The predicted octanol–water partition coefficient (Wildman–Crippen LogP) is 6.64. The topological polar surface area (TPSA) is 107 Å². The molecule has 2 aliphatic rings. The van der Waals surface area contributed by atoms with E-state index in [4.69, 9.17) is 14.6 Å². The van der Waals surface area contributed by atoms with E-state index < -0.39 is 25.5 Å². The first-order valence-electron chi connectivity index (χ1n) is 16.1. The fourth-order valence-electron chi connectivity index (χ4n) is 6.59. The second-order valence-electron chi connectivity index (χ2n) is 14.1. The van der Waals surface area contributed by atoms with Crippen LogP contribution in [0.15, 0.2) is 43.1 Å². The number of halogens is 3. The molecule has 14 heteroatoms. The van der Waals surface area contributed by atoms with Crippen LogP contribution in [-0.4, -0.2) is 74.1 Å². The third-order valence-corrected chi connectivity index (χ3v) is 11.0. The normalized spacial score (nSPS) is 21.1. The van der Waals surface area contributed by atoms with Crippen molar-refractivity contribution in [2.24, 2.45) is 0 Å². The molecule has 0 N–H and O–H groups in total. The molecule has 1 aliphatic carbocycles. The zero-order valence-electron chi connectivity index (χ0n) is 27.3. The van der Waals surface area contributed by atoms with Crippen LogP contribution in [0.2, 0.25) is 25.7 Å². The number of aromatic nitrogens is 6. The molecule has 250 valence electrons. The van der Waals surface area contributed by atoms with Crippen molar-refractivity contribution in [3.8, 4) is 23.2 Å². The molecule has 10 nitrogen and oxygen atoms in total. The maximum Gasteiger partial charge on any atom is 0.433 e. The molecule has 0 bridgehead atoms. The van der Waals surface area contributed by atoms with Crippen LogP contribution in [0.4, 0.5) is 13.2 Å². The molecule has 0 unspecified atom stereocenters. The maximum atomic E-state index is 13.2. The summed E-state index contributed by atoms with van der Waals surface area (Å²) in [4.78, 5) is 15.2. The number of pyridine rings is 1. The Kier molecular flexibility index (Phi) is 9.16. The standard InChI is InChI=1S/C33H41F3N8O2Si/c1-23-15-28(33(34,35)36)41-29(16-23)46-26-5-10-42(11-6-26)25-17-32(18-25,8-9-37)44-20-24(19-40-44)30-27-7-12-43(31(27)39-21-38-30)22-45-13-14-47(2,3)4/h7,12,15-16,19-21,25-26H,5-6,8,10-11,13-14,17-18,22H2,1-4H3/t25-,32+. The lowest BCUT2D eigenvalue weighted by Gasteiger charge is -2.52. The molecule has 1 saturated heterocycles. The van der Waals surface area contributed by atoms with E-state index in [-0.39, 0.29) is 18.0 Å². The van der Waals surface area contributed by atoms with E-state index in [1.165, 1.54) is 0 Å². The smallest absolute Gasteiger partial charge is 0.433 e. The Balaban J connectivity index is 1.08. The zero-order valence-corrected chi connectivity index (χ0v) is 28.3. The summed E-state index contributed by atoms with van der Waals surface area (Å²) in [6.07, 6.45) is 5.91. The van der Waals surface area contributed by atoms with Crippen LogP contribution in [0.3, 0.4) is 0 Å². The minimum atomic E-state index is -4.52. The number of hydrogen-bond donors (Lipinski definition) is 0. The highest BCUT2D eigenvalue weighted by Gasteiger charge is 2.49. The number of ether oxygens (including phenoxy) is 2. The van der Waals surface area contributed by atoms with Gasteiger partial charge in [0, 0.05) is 63.2 Å². The third-order valence-electron chi connectivity index (χ3n) is 9.28. The minimum absolute atomic E-state index is 0.0188. The second kappa shape index (κ2) is 13.0. The molecule has 1 aliphatic heterocycles. The number of rotatable bonds is 11. The van der Waals surface area contributed by atoms with Crippen LogP contribution in [-0.2, 0) is 23.2 Å². The molecule has 47 heavy (non-hydrogen) atoms. The van der Waals surface area contributed by atoms with E-state index in [1.807, 2.05) is 33.9 Å². The Hall–Kier alpha value is -3.80. The van der Waals surface area contributed by atoms with Gasteiger partial charge in [-0.05, 0) is 56.3 Å². The lowest BCUT2D eigenvalue weighted by Crippen LogP contribution is -2.58. The van der Waals surface area contributed by atoms with E-state index in [0.717, 1.165) is 66.9 Å². The van der Waals surface area contributed by atoms with Gasteiger partial charge in [0.05, 0.1) is 29.9 Å². The van der Waals surface area contributed by atoms with Crippen molar-refractivity contribution < 1.29 is 22.6 Å². The van der Waals surface area contributed by atoms with Gasteiger partial charge in [0.2, 0.25) is 5.88 Å². The SMILES string of the molecule is Cc1cc(OC2CCN([C@H]3C[C@@](CC#N)(n4cc(-c5ncnc6c5ccn6COCC[Si](C)(C)C)cn4)C3)CC2)nc(C(F)(F)F)c1. The van der Waals surface area contributed by atoms with Crippen molar-refractivity contribution in [2.75, 3.05) is 19.7 Å². The highest BCUT2D eigenvalue weighted by Crippen LogP contribution is 2.46. The molecular formula is C33H41F3N8O2Si. The maximum absolute atomic E-state index is 13.2. The molecule has 5 heterocycles. The second-order valence-corrected chi connectivity index (χ2v) is 19.7. The first-order chi connectivity index (χ1) is 22.3. The molecule has 4 aromatic rings. The zero-order chi connectivity index (χ0) is 33.4. The average Bonchev–Trinajstić information content (AvgIpc) is 3.64. The lowest BCUT2D eigenvalue weighted by molar-refractivity contribution is -0.141. The number of fused-ring (bicyclic) bond motifs is 1. The van der Waals surface area contributed by atoms with Crippen LogP contribution in [0.1, 0.15) is 43.4 Å². The number of hydrogen-bond acceptors (Lipinski definition) is 8. The minimum Gasteiger partial charge on any atom is -0.474 e. The molecule has 0 amide bonds. The Morgan fingerprint density at radius 2 is 1.89 bits per heavy atom. The lowest BCUT2D eigenvalue weighted by atomic mass is 9.69. The average molecular weight is 667 g/mol. The van der Waals surface area contributed by atoms with Gasteiger partial charge in [0.25, 0.3) is 0 Å². The van der Waals surface area contributed by atoms with Gasteiger partial charge in [-0.2, -0.15) is 23.5 Å². The summed E-state index contributed by atoms with van der Waals surface area (Å²) in [6.45, 7) is 11.3. The Bertz CT molecular complexity index is 1740. The highest BCUT2D eigenvalue weighted by molar-refractivity contribution is 6.76. The number of nitrogens with zero attached hydrogens (tertiary/aromatic N) is 8. The van der Waals surface area contributed by atoms with Gasteiger partial charge in [-0.1, -0.05) is 19.6 Å². The predicted molar refractivity (Wildman–Crippen MR) is 173 cm³/mol. The van der Waals surface area contributed by atoms with E-state index in [1.54, 1.807) is 19.3 Å². The molecule has 2 fully saturated rings. The molecule has 6 rings (SSSR count). The molecule has 4 aromatic heterocycles. The number of likely N-dealkylation sites (tertiary alicyclic amines) is 1. The summed E-state index contributed by atoms with van der Waals surface area (Å²) in [5, 5.41) is 15.4. The van der Waals surface area contributed by atoms with Gasteiger partial charge >= 0.3 is 6.18 Å². The van der Waals surface area contributed by atoms with Crippen molar-refractivity contribution in [3.05, 3.63) is 54.4 Å². The molecule has 0 spiro atoms. The van der Waals surface area contributed by atoms with E-state index >= 15 is 0 Å². The monoisotopic (exact) mass is 666 g/mol. The van der Waals surface area contributed by atoms with Gasteiger partial charge in [-0.3, -0.25) is 9.58 Å². The molecule has 1 saturated carbocycles. The van der Waals surface area contributed by atoms with Crippen LogP contribution in [0.25, 0.3) is 22.3 Å². The van der Waals surface area contributed by atoms with Crippen LogP contribution in [0.5, 0.6) is 5.88 Å². The Morgan fingerprint density at radius 1 is 1.13 bits per heavy atom. The summed E-state index contributed by atoms with van der Waals surface area (Å²) in [5.74, 6) is 0.0188. The first kappa shape index (κ1) is 33.1. The van der Waals surface area contributed by atoms with Crippen molar-refractivity contribution in [1.82, 2.24) is 34.2 Å². The quantitative estimate of drug-likeness (QED) is 0.130. The Labute approximate surface area is 273 Å². The van der Waals surface area contributed by atoms with Gasteiger partial charge in [-0.25, -0.2) is 15.0 Å². The summed E-state index contributed by atoms with van der Waals surface area (Å²) in [7, 11) is -1.17. The first-order valence-corrected chi connectivity index (χ1v) is 19.8. The van der Waals surface area contributed by atoms with Gasteiger partial charge in [-0.15, -0.1) is 0 Å². The van der Waals surface area contributed by atoms with Crippen molar-refractivity contribution >= 4 is 19.1 Å². The largest absolute Gasteiger partial charge is 0.474 e. The fourth-order valence-corrected chi connectivity index (χ4v) is 7.35. The molecular weight excluding hydrogens is 625 g/mol. The van der Waals surface area contributed by atoms with Crippen molar-refractivity contribution in [1.29, 1.82) is 5.26 Å². The van der Waals surface area contributed by atoms with E-state index in [9.17, 15) is 18.4 Å². The number of piperidine rings is 1. The van der Waals surface area contributed by atoms with Gasteiger partial charge in [0.15, 0.2) is 0 Å². The van der Waals surface area contributed by atoms with E-state index in [0.29, 0.717) is 31.6 Å². The number of alkyl halides is 3. The van der Waals surface area contributed by atoms with Gasteiger partial charge < -0.3 is 14.0 Å². The summed E-state index contributed by atoms with van der Waals surface area (Å²) in [6, 6.07) is 8.34. The van der Waals surface area contributed by atoms with E-state index in [2.05, 4.69) is 45.6 Å². The highest BCUT2D eigenvalue weighted by atomic mass is 28.3. The van der Waals surface area contributed by atoms with Crippen molar-refractivity contribution in [3.63, 3.8) is 0 Å². The molecule has 0 aromatic carbocycles. The third kappa shape index (κ3) is 7.37. The van der Waals surface area contributed by atoms with Crippen LogP contribution < -0.4 is 4.74 Å². The van der Waals surface area contributed by atoms with Crippen LogP contribution in [0, 0.1) is 18.3 Å². The molecule has 0 atom stereocenters. The van der Waals surface area contributed by atoms with Crippen molar-refractivity contribution in [2.45, 2.75) is 95.3 Å². The number of nitriles is 1. The van der Waals surface area contributed by atoms with Crippen LogP contribution >= 0.6 is 0 Å². The summed E-state index contributed by atoms with van der Waals surface area (Å²) < 4.78 is 55.4.